The molecular formula is C12H15BrN2S2. The second kappa shape index (κ2) is 5.61. The van der Waals surface area contributed by atoms with Gasteiger partial charge in [0, 0.05) is 22.0 Å². The van der Waals surface area contributed by atoms with E-state index in [9.17, 15) is 0 Å². The fourth-order valence-corrected chi connectivity index (χ4v) is 3.91. The lowest BCUT2D eigenvalue weighted by atomic mass is 10.2. The van der Waals surface area contributed by atoms with Crippen molar-refractivity contribution in [1.29, 1.82) is 0 Å². The molecule has 2 aromatic heterocycles. The second-order valence-corrected chi connectivity index (χ2v) is 7.46. The molecule has 0 saturated carbocycles. The number of nitrogens with zero attached hydrogens (tertiary/aromatic N) is 1. The summed E-state index contributed by atoms with van der Waals surface area (Å²) in [7, 11) is 0. The van der Waals surface area contributed by atoms with Crippen LogP contribution in [0.15, 0.2) is 21.3 Å². The van der Waals surface area contributed by atoms with Gasteiger partial charge in [0.05, 0.1) is 9.83 Å². The molecule has 92 valence electrons. The molecule has 0 fully saturated rings. The molecular weight excluding hydrogens is 316 g/mol. The van der Waals surface area contributed by atoms with Gasteiger partial charge in [-0.15, -0.1) is 22.7 Å². The number of aromatic nitrogens is 1. The van der Waals surface area contributed by atoms with E-state index in [1.165, 1.54) is 8.66 Å². The Labute approximate surface area is 118 Å². The van der Waals surface area contributed by atoms with E-state index >= 15 is 0 Å². The first-order valence-electron chi connectivity index (χ1n) is 5.49. The number of aryl methyl sites for hydroxylation is 1. The zero-order valence-electron chi connectivity index (χ0n) is 10.0. The summed E-state index contributed by atoms with van der Waals surface area (Å²) in [4.78, 5) is 5.86. The van der Waals surface area contributed by atoms with Crippen molar-refractivity contribution in [2.75, 3.05) is 0 Å². The van der Waals surface area contributed by atoms with Gasteiger partial charge in [-0.2, -0.15) is 0 Å². The fraction of sp³-hybridized carbons (Fsp3) is 0.417. The number of rotatable bonds is 4. The summed E-state index contributed by atoms with van der Waals surface area (Å²) in [5.41, 5.74) is 1.10. The molecule has 2 nitrogen and oxygen atoms in total. The topological polar surface area (TPSA) is 24.9 Å². The van der Waals surface area contributed by atoms with Gasteiger partial charge in [-0.25, -0.2) is 4.98 Å². The summed E-state index contributed by atoms with van der Waals surface area (Å²) in [6.45, 7) is 6.39. The highest BCUT2D eigenvalue weighted by Gasteiger charge is 2.14. The van der Waals surface area contributed by atoms with Crippen LogP contribution in [0.3, 0.4) is 0 Å². The molecule has 0 spiro atoms. The van der Waals surface area contributed by atoms with Crippen LogP contribution >= 0.6 is 38.6 Å². The Morgan fingerprint density at radius 1 is 1.29 bits per heavy atom. The highest BCUT2D eigenvalue weighted by molar-refractivity contribution is 9.11. The fourth-order valence-electron chi connectivity index (χ4n) is 1.66. The normalized spacial score (nSPS) is 14.8. The van der Waals surface area contributed by atoms with Gasteiger partial charge in [0.1, 0.15) is 5.01 Å². The maximum absolute atomic E-state index is 4.51. The van der Waals surface area contributed by atoms with Gasteiger partial charge < -0.3 is 5.32 Å². The molecule has 0 saturated heterocycles. The lowest BCUT2D eigenvalue weighted by molar-refractivity contribution is 0.498. The van der Waals surface area contributed by atoms with Crippen LogP contribution in [0.1, 0.15) is 41.5 Å². The van der Waals surface area contributed by atoms with Gasteiger partial charge >= 0.3 is 0 Å². The third-order valence-electron chi connectivity index (χ3n) is 2.53. The lowest BCUT2D eigenvalue weighted by Gasteiger charge is -2.17. The largest absolute Gasteiger partial charge is 0.301 e. The van der Waals surface area contributed by atoms with Crippen LogP contribution in [0.4, 0.5) is 0 Å². The summed E-state index contributed by atoms with van der Waals surface area (Å²) in [5.74, 6) is 0. The van der Waals surface area contributed by atoms with E-state index in [-0.39, 0.29) is 0 Å². The van der Waals surface area contributed by atoms with E-state index in [4.69, 9.17) is 0 Å². The molecule has 0 bridgehead atoms. The van der Waals surface area contributed by atoms with Gasteiger partial charge in [-0.05, 0) is 48.8 Å². The number of halogens is 1. The van der Waals surface area contributed by atoms with Crippen molar-refractivity contribution in [1.82, 2.24) is 10.3 Å². The quantitative estimate of drug-likeness (QED) is 0.879. The van der Waals surface area contributed by atoms with Gasteiger partial charge in [0.25, 0.3) is 0 Å². The van der Waals surface area contributed by atoms with Gasteiger partial charge in [0.15, 0.2) is 0 Å². The number of thiophene rings is 1. The van der Waals surface area contributed by atoms with Crippen LogP contribution in [-0.2, 0) is 0 Å². The Bertz CT molecular complexity index is 448. The van der Waals surface area contributed by atoms with Crippen molar-refractivity contribution in [3.63, 3.8) is 0 Å². The molecule has 0 aliphatic heterocycles. The Morgan fingerprint density at radius 2 is 2.06 bits per heavy atom. The van der Waals surface area contributed by atoms with E-state index < -0.39 is 0 Å². The molecule has 0 aliphatic rings. The minimum absolute atomic E-state index is 0.296. The van der Waals surface area contributed by atoms with Crippen LogP contribution in [-0.4, -0.2) is 4.98 Å². The maximum Gasteiger partial charge on any atom is 0.110 e. The Kier molecular flexibility index (Phi) is 4.36. The molecule has 17 heavy (non-hydrogen) atoms. The van der Waals surface area contributed by atoms with Crippen LogP contribution in [0.5, 0.6) is 0 Å². The highest BCUT2D eigenvalue weighted by atomic mass is 79.9. The van der Waals surface area contributed by atoms with Crippen LogP contribution < -0.4 is 5.32 Å². The monoisotopic (exact) mass is 330 g/mol. The predicted octanol–water partition coefficient (Wildman–Crippen LogP) is 4.69. The Balaban J connectivity index is 2.01. The molecule has 2 rings (SSSR count). The number of nitrogens with one attached hydrogen (secondary N) is 1. The molecule has 2 unspecified atom stereocenters. The predicted molar refractivity (Wildman–Crippen MR) is 78.8 cm³/mol. The average molecular weight is 331 g/mol. The zero-order valence-corrected chi connectivity index (χ0v) is 13.2. The maximum atomic E-state index is 4.51. The third-order valence-corrected chi connectivity index (χ3v) is 5.48. The van der Waals surface area contributed by atoms with Crippen molar-refractivity contribution in [2.24, 2.45) is 0 Å². The minimum Gasteiger partial charge on any atom is -0.301 e. The van der Waals surface area contributed by atoms with Crippen molar-refractivity contribution in [3.05, 3.63) is 36.9 Å². The molecule has 0 amide bonds. The smallest absolute Gasteiger partial charge is 0.110 e. The van der Waals surface area contributed by atoms with Gasteiger partial charge in [-0.1, -0.05) is 0 Å². The third kappa shape index (κ3) is 3.37. The Hall–Kier alpha value is -0.230. The first-order chi connectivity index (χ1) is 8.06. The average Bonchev–Trinajstić information content (AvgIpc) is 2.87. The molecule has 0 aromatic carbocycles. The van der Waals surface area contributed by atoms with E-state index in [1.807, 2.05) is 6.92 Å². The number of hydrogen-bond donors (Lipinski definition) is 1. The minimum atomic E-state index is 0.296. The van der Waals surface area contributed by atoms with E-state index in [1.54, 1.807) is 22.7 Å². The first-order valence-corrected chi connectivity index (χ1v) is 7.98. The summed E-state index contributed by atoms with van der Waals surface area (Å²) in [6, 6.07) is 4.90. The standard InChI is InChI=1S/C12H15BrN2S2/c1-7-6-16-12(14-7)9(3)15-8(2)10-4-5-11(13)17-10/h4-6,8-9,15H,1-3H3. The molecule has 2 atom stereocenters. The highest BCUT2D eigenvalue weighted by Crippen LogP contribution is 2.29. The van der Waals surface area contributed by atoms with Crippen LogP contribution in [0.25, 0.3) is 0 Å². The SMILES string of the molecule is Cc1csc(C(C)NC(C)c2ccc(Br)s2)n1. The van der Waals surface area contributed by atoms with Crippen molar-refractivity contribution in [2.45, 2.75) is 32.9 Å². The first kappa shape index (κ1) is 13.2. The number of thiazole rings is 1. The van der Waals surface area contributed by atoms with Gasteiger partial charge in [-0.3, -0.25) is 0 Å². The van der Waals surface area contributed by atoms with E-state index in [0.29, 0.717) is 12.1 Å². The molecule has 1 N–H and O–H groups in total. The van der Waals surface area contributed by atoms with E-state index in [0.717, 1.165) is 10.7 Å². The molecule has 2 heterocycles. The number of hydrogen-bond acceptors (Lipinski definition) is 4. The van der Waals surface area contributed by atoms with Crippen LogP contribution in [0, 0.1) is 6.92 Å². The Morgan fingerprint density at radius 3 is 2.59 bits per heavy atom. The second-order valence-electron chi connectivity index (χ2n) is 4.08. The van der Waals surface area contributed by atoms with Crippen molar-refractivity contribution in [3.8, 4) is 0 Å². The molecule has 5 heteroatoms. The lowest BCUT2D eigenvalue weighted by Crippen LogP contribution is -2.21. The zero-order chi connectivity index (χ0) is 12.4. The summed E-state index contributed by atoms with van der Waals surface area (Å²) in [5, 5.41) is 6.83. The molecule has 2 aromatic rings. The van der Waals surface area contributed by atoms with E-state index in [2.05, 4.69) is 57.6 Å². The molecule has 0 aliphatic carbocycles. The summed E-state index contributed by atoms with van der Waals surface area (Å²) < 4.78 is 1.18. The summed E-state index contributed by atoms with van der Waals surface area (Å²) in [6.07, 6.45) is 0. The summed E-state index contributed by atoms with van der Waals surface area (Å²) >= 11 is 6.99. The van der Waals surface area contributed by atoms with Crippen molar-refractivity contribution >= 4 is 38.6 Å². The van der Waals surface area contributed by atoms with Crippen LogP contribution in [0.2, 0.25) is 0 Å². The van der Waals surface area contributed by atoms with Gasteiger partial charge in [0.2, 0.25) is 0 Å². The van der Waals surface area contributed by atoms with Crippen molar-refractivity contribution < 1.29 is 0 Å². The molecule has 0 radical (unpaired) electrons.